The van der Waals surface area contributed by atoms with Crippen molar-refractivity contribution in [1.29, 1.82) is 0 Å². The van der Waals surface area contributed by atoms with E-state index in [1.807, 2.05) is 0 Å². The molecule has 1 aromatic carbocycles. The minimum absolute atomic E-state index is 0.0545. The van der Waals surface area contributed by atoms with Crippen LogP contribution in [0.4, 0.5) is 26.3 Å². The van der Waals surface area contributed by atoms with Crippen LogP contribution < -0.4 is 0 Å². The highest BCUT2D eigenvalue weighted by Gasteiger charge is 2.36. The van der Waals surface area contributed by atoms with Crippen LogP contribution in [0.5, 0.6) is 0 Å². The van der Waals surface area contributed by atoms with Gasteiger partial charge in [-0.2, -0.15) is 26.3 Å². The number of benzene rings is 1. The number of rotatable bonds is 2. The minimum Gasteiger partial charge on any atom is -0.396 e. The minimum atomic E-state index is -4.87. The third kappa shape index (κ3) is 4.78. The number of halogens is 6. The molecule has 0 spiro atoms. The number of alkyl halides is 6. The van der Waals surface area contributed by atoms with Crippen molar-refractivity contribution in [2.24, 2.45) is 0 Å². The van der Waals surface area contributed by atoms with E-state index in [4.69, 9.17) is 5.11 Å². The fourth-order valence-corrected chi connectivity index (χ4v) is 1.36. The van der Waals surface area contributed by atoms with Crippen LogP contribution in [-0.2, 0) is 12.4 Å². The Morgan fingerprint density at radius 1 is 0.900 bits per heavy atom. The van der Waals surface area contributed by atoms with E-state index < -0.39 is 23.5 Å². The molecule has 0 aromatic heterocycles. The van der Waals surface area contributed by atoms with Gasteiger partial charge >= 0.3 is 12.4 Å². The first-order valence-electron chi connectivity index (χ1n) is 5.54. The van der Waals surface area contributed by atoms with Gasteiger partial charge in [0.1, 0.15) is 0 Å². The lowest BCUT2D eigenvalue weighted by molar-refractivity contribution is -0.143. The van der Waals surface area contributed by atoms with E-state index in [2.05, 4.69) is 11.8 Å². The highest BCUT2D eigenvalue weighted by Crippen LogP contribution is 2.36. The number of unbranched alkanes of at least 4 members (excludes halogenated alkanes) is 1. The second kappa shape index (κ2) is 6.18. The zero-order valence-electron chi connectivity index (χ0n) is 10.1. The highest BCUT2D eigenvalue weighted by atomic mass is 19.4. The summed E-state index contributed by atoms with van der Waals surface area (Å²) in [6, 6.07) is 1.20. The Bertz CT molecular complexity index is 486. The van der Waals surface area contributed by atoms with Crippen LogP contribution in [0.3, 0.4) is 0 Å². The molecular weight excluding hydrogens is 286 g/mol. The van der Waals surface area contributed by atoms with Gasteiger partial charge in [-0.1, -0.05) is 11.8 Å². The first kappa shape index (κ1) is 16.4. The SMILES string of the molecule is OCCCC#Cc1cc(C(F)(F)F)cc(C(F)(F)F)c1. The first-order valence-corrected chi connectivity index (χ1v) is 5.54. The second-order valence-electron chi connectivity index (χ2n) is 3.92. The number of aliphatic hydroxyl groups excluding tert-OH is 1. The van der Waals surface area contributed by atoms with Crippen LogP contribution in [0, 0.1) is 11.8 Å². The summed E-state index contributed by atoms with van der Waals surface area (Å²) < 4.78 is 75.2. The number of aliphatic hydroxyl groups is 1. The van der Waals surface area contributed by atoms with E-state index in [1.165, 1.54) is 0 Å². The fourth-order valence-electron chi connectivity index (χ4n) is 1.36. The zero-order valence-corrected chi connectivity index (χ0v) is 10.1. The van der Waals surface area contributed by atoms with Crippen LogP contribution in [0.1, 0.15) is 29.5 Å². The molecule has 110 valence electrons. The third-order valence-electron chi connectivity index (χ3n) is 2.28. The van der Waals surface area contributed by atoms with Crippen molar-refractivity contribution in [3.63, 3.8) is 0 Å². The van der Waals surface area contributed by atoms with Crippen molar-refractivity contribution in [2.45, 2.75) is 25.2 Å². The van der Waals surface area contributed by atoms with Crippen LogP contribution >= 0.6 is 0 Å². The van der Waals surface area contributed by atoms with Crippen LogP contribution in [0.2, 0.25) is 0 Å². The normalized spacial score (nSPS) is 11.9. The molecule has 0 bridgehead atoms. The summed E-state index contributed by atoms with van der Waals surface area (Å²) in [5, 5.41) is 8.50. The number of hydrogen-bond donors (Lipinski definition) is 1. The summed E-state index contributed by atoms with van der Waals surface area (Å²) in [5.74, 6) is 4.66. The zero-order chi connectivity index (χ0) is 15.4. The van der Waals surface area contributed by atoms with Crippen molar-refractivity contribution in [3.05, 3.63) is 34.9 Å². The summed E-state index contributed by atoms with van der Waals surface area (Å²) in [4.78, 5) is 0. The third-order valence-corrected chi connectivity index (χ3v) is 2.28. The summed E-state index contributed by atoms with van der Waals surface area (Å²) in [6.45, 7) is -0.148. The smallest absolute Gasteiger partial charge is 0.396 e. The molecule has 20 heavy (non-hydrogen) atoms. The van der Waals surface area contributed by atoms with Gasteiger partial charge in [0.2, 0.25) is 0 Å². The van der Waals surface area contributed by atoms with Gasteiger partial charge in [-0.15, -0.1) is 0 Å². The molecule has 1 N–H and O–H groups in total. The summed E-state index contributed by atoms with van der Waals surface area (Å²) in [5.41, 5.74) is -3.14. The van der Waals surface area contributed by atoms with Gasteiger partial charge in [-0.05, 0) is 24.6 Å². The molecule has 1 aromatic rings. The van der Waals surface area contributed by atoms with Crippen molar-refractivity contribution in [1.82, 2.24) is 0 Å². The van der Waals surface area contributed by atoms with Gasteiger partial charge in [0.25, 0.3) is 0 Å². The molecule has 1 nitrogen and oxygen atoms in total. The summed E-state index contributed by atoms with van der Waals surface area (Å²) in [7, 11) is 0. The average molecular weight is 296 g/mol. The molecular formula is C13H10F6O. The average Bonchev–Trinajstić information content (AvgIpc) is 2.32. The number of hydrogen-bond acceptors (Lipinski definition) is 1. The fraction of sp³-hybridized carbons (Fsp3) is 0.385. The van der Waals surface area contributed by atoms with Crippen LogP contribution in [0.15, 0.2) is 18.2 Å². The summed E-state index contributed by atoms with van der Waals surface area (Å²) >= 11 is 0. The molecule has 0 aliphatic carbocycles. The van der Waals surface area contributed by atoms with Crippen molar-refractivity contribution in [3.8, 4) is 11.8 Å². The molecule has 0 atom stereocenters. The Hall–Kier alpha value is -1.68. The predicted molar refractivity (Wildman–Crippen MR) is 59.6 cm³/mol. The topological polar surface area (TPSA) is 20.2 Å². The van der Waals surface area contributed by atoms with Gasteiger partial charge < -0.3 is 5.11 Å². The van der Waals surface area contributed by atoms with Gasteiger partial charge in [-0.3, -0.25) is 0 Å². The molecule has 0 fully saturated rings. The summed E-state index contributed by atoms with van der Waals surface area (Å²) in [6.07, 6.45) is -9.25. The lowest BCUT2D eigenvalue weighted by Gasteiger charge is -2.12. The van der Waals surface area contributed by atoms with Gasteiger partial charge in [0.05, 0.1) is 11.1 Å². The molecule has 0 radical (unpaired) electrons. The van der Waals surface area contributed by atoms with E-state index >= 15 is 0 Å². The Kier molecular flexibility index (Phi) is 5.06. The Labute approximate surface area is 111 Å². The molecule has 0 aliphatic rings. The van der Waals surface area contributed by atoms with E-state index in [0.29, 0.717) is 18.6 Å². The first-order chi connectivity index (χ1) is 9.14. The standard InChI is InChI=1S/C13H10F6O/c14-12(15,16)10-6-9(4-2-1-3-5-20)7-11(8-10)13(17,18)19/h6-8,20H,1,3,5H2. The second-order valence-corrected chi connectivity index (χ2v) is 3.92. The predicted octanol–water partition coefficient (Wildman–Crippen LogP) is 3.85. The maximum Gasteiger partial charge on any atom is 0.416 e. The molecule has 0 amide bonds. The van der Waals surface area contributed by atoms with Crippen molar-refractivity contribution in [2.75, 3.05) is 6.61 Å². The quantitative estimate of drug-likeness (QED) is 0.499. The van der Waals surface area contributed by atoms with E-state index in [1.54, 1.807) is 0 Å². The monoisotopic (exact) mass is 296 g/mol. The molecule has 7 heteroatoms. The van der Waals surface area contributed by atoms with Gasteiger partial charge in [0, 0.05) is 18.6 Å². The Morgan fingerprint density at radius 2 is 1.40 bits per heavy atom. The van der Waals surface area contributed by atoms with E-state index in [-0.39, 0.29) is 24.7 Å². The molecule has 0 unspecified atom stereocenters. The highest BCUT2D eigenvalue weighted by molar-refractivity contribution is 5.42. The molecule has 0 saturated carbocycles. The Morgan fingerprint density at radius 3 is 1.80 bits per heavy atom. The largest absolute Gasteiger partial charge is 0.416 e. The van der Waals surface area contributed by atoms with Crippen LogP contribution in [0.25, 0.3) is 0 Å². The van der Waals surface area contributed by atoms with Crippen molar-refractivity contribution < 1.29 is 31.4 Å². The Balaban J connectivity index is 3.20. The lowest BCUT2D eigenvalue weighted by Crippen LogP contribution is -2.11. The van der Waals surface area contributed by atoms with Crippen molar-refractivity contribution >= 4 is 0 Å². The van der Waals surface area contributed by atoms with Gasteiger partial charge in [0.15, 0.2) is 0 Å². The molecule has 0 heterocycles. The lowest BCUT2D eigenvalue weighted by atomic mass is 10.0. The van der Waals surface area contributed by atoms with Gasteiger partial charge in [-0.25, -0.2) is 0 Å². The maximum atomic E-state index is 12.5. The van der Waals surface area contributed by atoms with E-state index in [0.717, 1.165) is 0 Å². The maximum absolute atomic E-state index is 12.5. The van der Waals surface area contributed by atoms with E-state index in [9.17, 15) is 26.3 Å². The van der Waals surface area contributed by atoms with Crippen LogP contribution in [-0.4, -0.2) is 11.7 Å². The molecule has 0 aliphatic heterocycles. The molecule has 0 saturated heterocycles. The molecule has 1 rings (SSSR count).